The largest absolute Gasteiger partial charge is 0.370 e. The predicted molar refractivity (Wildman–Crippen MR) is 141 cm³/mol. The highest BCUT2D eigenvalue weighted by Gasteiger charge is 2.30. The molecule has 9 heteroatoms. The van der Waals surface area contributed by atoms with Crippen LogP contribution in [0.2, 0.25) is 5.02 Å². The number of carbonyl (C=O) groups is 1. The first-order chi connectivity index (χ1) is 17.3. The Morgan fingerprint density at radius 1 is 1.14 bits per heavy atom. The van der Waals surface area contributed by atoms with E-state index in [0.29, 0.717) is 16.5 Å². The van der Waals surface area contributed by atoms with Gasteiger partial charge >= 0.3 is 0 Å². The minimum absolute atomic E-state index is 0.0724. The molecule has 0 radical (unpaired) electrons. The van der Waals surface area contributed by atoms with Gasteiger partial charge in [0, 0.05) is 49.5 Å². The zero-order valence-electron chi connectivity index (χ0n) is 20.6. The monoisotopic (exact) mass is 511 g/mol. The van der Waals surface area contributed by atoms with Crippen LogP contribution in [-0.4, -0.2) is 58.6 Å². The van der Waals surface area contributed by atoms with E-state index in [0.717, 1.165) is 44.3 Å². The number of halogens is 2. The Morgan fingerprint density at radius 3 is 2.67 bits per heavy atom. The Bertz CT molecular complexity index is 1350. The third-order valence-corrected chi connectivity index (χ3v) is 7.12. The Labute approximate surface area is 214 Å². The molecule has 1 saturated heterocycles. The van der Waals surface area contributed by atoms with Gasteiger partial charge in [-0.05, 0) is 69.5 Å². The molecule has 1 aliphatic carbocycles. The topological polar surface area (TPSA) is 70.5 Å². The molecule has 2 aliphatic rings. The number of amides is 1. The summed E-state index contributed by atoms with van der Waals surface area (Å²) in [4.78, 5) is 36.0. The standard InChI is InChI=1S/C27H31ClFN5O2/c1-17(2)30-25(35)16-34-26(18-4-8-23(29)22(28)14-18)31-24-9-7-20(15-21(24)27(34)36)33-11-3-10-32(12-13-33)19-5-6-19/h4,7-9,14-15,17,19H,3,5-6,10-13,16H2,1-2H3,(H,30,35). The second-order valence-corrected chi connectivity index (χ2v) is 10.4. The van der Waals surface area contributed by atoms with E-state index in [9.17, 15) is 14.0 Å². The molecule has 1 aliphatic heterocycles. The van der Waals surface area contributed by atoms with E-state index in [4.69, 9.17) is 16.6 Å². The van der Waals surface area contributed by atoms with Crippen molar-refractivity contribution >= 4 is 34.1 Å². The minimum atomic E-state index is -0.560. The molecule has 3 aromatic rings. The van der Waals surface area contributed by atoms with E-state index in [1.807, 2.05) is 32.0 Å². The molecule has 2 aromatic carbocycles. The lowest BCUT2D eigenvalue weighted by Gasteiger charge is -2.24. The fourth-order valence-electron chi connectivity index (χ4n) is 4.92. The molecule has 5 rings (SSSR count). The van der Waals surface area contributed by atoms with Crippen LogP contribution in [0.25, 0.3) is 22.3 Å². The van der Waals surface area contributed by atoms with E-state index >= 15 is 0 Å². The van der Waals surface area contributed by atoms with E-state index in [2.05, 4.69) is 15.1 Å². The summed E-state index contributed by atoms with van der Waals surface area (Å²) in [6, 6.07) is 10.6. The van der Waals surface area contributed by atoms with Crippen molar-refractivity contribution in [1.82, 2.24) is 19.8 Å². The van der Waals surface area contributed by atoms with Crippen molar-refractivity contribution in [3.63, 3.8) is 0 Å². The average molecular weight is 512 g/mol. The molecule has 0 unspecified atom stereocenters. The number of anilines is 1. The first-order valence-corrected chi connectivity index (χ1v) is 13.0. The van der Waals surface area contributed by atoms with Gasteiger partial charge in [-0.15, -0.1) is 0 Å². The van der Waals surface area contributed by atoms with Crippen LogP contribution in [0.4, 0.5) is 10.1 Å². The first-order valence-electron chi connectivity index (χ1n) is 12.6. The van der Waals surface area contributed by atoms with Gasteiger partial charge in [-0.25, -0.2) is 9.37 Å². The van der Waals surface area contributed by atoms with E-state index in [1.165, 1.54) is 35.6 Å². The third-order valence-electron chi connectivity index (χ3n) is 6.83. The maximum absolute atomic E-state index is 13.8. The van der Waals surface area contributed by atoms with Crippen molar-refractivity contribution in [2.45, 2.75) is 51.7 Å². The van der Waals surface area contributed by atoms with Crippen molar-refractivity contribution in [2.24, 2.45) is 0 Å². The second-order valence-electron chi connectivity index (χ2n) is 9.99. The number of aromatic nitrogens is 2. The number of hydrogen-bond acceptors (Lipinski definition) is 5. The van der Waals surface area contributed by atoms with Gasteiger partial charge in [0.25, 0.3) is 5.56 Å². The molecular formula is C27H31ClFN5O2. The van der Waals surface area contributed by atoms with Gasteiger partial charge in [0.05, 0.1) is 15.9 Å². The summed E-state index contributed by atoms with van der Waals surface area (Å²) >= 11 is 6.02. The highest BCUT2D eigenvalue weighted by atomic mass is 35.5. The van der Waals surface area contributed by atoms with Crippen LogP contribution >= 0.6 is 11.6 Å². The fourth-order valence-corrected chi connectivity index (χ4v) is 5.10. The second kappa shape index (κ2) is 10.2. The molecule has 1 amide bonds. The maximum Gasteiger partial charge on any atom is 0.262 e. The van der Waals surface area contributed by atoms with Crippen molar-refractivity contribution < 1.29 is 9.18 Å². The third kappa shape index (κ3) is 5.25. The zero-order chi connectivity index (χ0) is 25.4. The molecule has 190 valence electrons. The lowest BCUT2D eigenvalue weighted by Crippen LogP contribution is -2.37. The van der Waals surface area contributed by atoms with Crippen LogP contribution in [-0.2, 0) is 11.3 Å². The van der Waals surface area contributed by atoms with Crippen molar-refractivity contribution in [3.8, 4) is 11.4 Å². The summed E-state index contributed by atoms with van der Waals surface area (Å²) in [6.07, 6.45) is 3.68. The van der Waals surface area contributed by atoms with Gasteiger partial charge in [0.1, 0.15) is 18.2 Å². The van der Waals surface area contributed by atoms with Crippen LogP contribution in [0.15, 0.2) is 41.2 Å². The van der Waals surface area contributed by atoms with Crippen molar-refractivity contribution in [1.29, 1.82) is 0 Å². The zero-order valence-corrected chi connectivity index (χ0v) is 21.4. The number of rotatable bonds is 6. The van der Waals surface area contributed by atoms with Crippen LogP contribution in [0.1, 0.15) is 33.1 Å². The van der Waals surface area contributed by atoms with Gasteiger partial charge < -0.3 is 10.2 Å². The molecule has 2 heterocycles. The van der Waals surface area contributed by atoms with Crippen LogP contribution in [0.3, 0.4) is 0 Å². The molecular weight excluding hydrogens is 481 g/mol. The number of benzene rings is 2. The molecule has 1 aromatic heterocycles. The quantitative estimate of drug-likeness (QED) is 0.540. The lowest BCUT2D eigenvalue weighted by molar-refractivity contribution is -0.122. The van der Waals surface area contributed by atoms with Gasteiger partial charge in [0.2, 0.25) is 5.91 Å². The molecule has 0 spiro atoms. The molecule has 0 bridgehead atoms. The molecule has 36 heavy (non-hydrogen) atoms. The van der Waals surface area contributed by atoms with E-state index in [1.54, 1.807) is 0 Å². The summed E-state index contributed by atoms with van der Waals surface area (Å²) < 4.78 is 15.2. The van der Waals surface area contributed by atoms with Gasteiger partial charge in [0.15, 0.2) is 0 Å². The number of hydrogen-bond donors (Lipinski definition) is 1. The van der Waals surface area contributed by atoms with Gasteiger partial charge in [-0.1, -0.05) is 11.6 Å². The van der Waals surface area contributed by atoms with E-state index in [-0.39, 0.29) is 34.9 Å². The normalized spacial score (nSPS) is 17.0. The van der Waals surface area contributed by atoms with Crippen molar-refractivity contribution in [2.75, 3.05) is 31.1 Å². The van der Waals surface area contributed by atoms with Crippen molar-refractivity contribution in [3.05, 3.63) is 57.6 Å². The molecule has 1 N–H and O–H groups in total. The summed E-state index contributed by atoms with van der Waals surface area (Å²) in [5.41, 5.74) is 1.66. The number of carbonyl (C=O) groups excluding carboxylic acids is 1. The number of fused-ring (bicyclic) bond motifs is 1. The smallest absolute Gasteiger partial charge is 0.262 e. The number of nitrogens with one attached hydrogen (secondary N) is 1. The minimum Gasteiger partial charge on any atom is -0.370 e. The first kappa shape index (κ1) is 24.7. The Balaban J connectivity index is 1.55. The Morgan fingerprint density at radius 2 is 1.94 bits per heavy atom. The summed E-state index contributed by atoms with van der Waals surface area (Å²) in [7, 11) is 0. The Hall–Kier alpha value is -2.97. The number of nitrogens with zero attached hydrogens (tertiary/aromatic N) is 4. The van der Waals surface area contributed by atoms with Gasteiger partial charge in [-0.2, -0.15) is 0 Å². The van der Waals surface area contributed by atoms with Crippen LogP contribution in [0, 0.1) is 5.82 Å². The molecule has 7 nitrogen and oxygen atoms in total. The molecule has 1 saturated carbocycles. The van der Waals surface area contributed by atoms with E-state index < -0.39 is 5.82 Å². The average Bonchev–Trinajstić information content (AvgIpc) is 3.69. The van der Waals surface area contributed by atoms with Crippen LogP contribution in [0.5, 0.6) is 0 Å². The summed E-state index contributed by atoms with van der Waals surface area (Å²) in [5.74, 6) is -0.586. The molecule has 2 fully saturated rings. The summed E-state index contributed by atoms with van der Waals surface area (Å²) in [5, 5.41) is 3.21. The highest BCUT2D eigenvalue weighted by molar-refractivity contribution is 6.31. The van der Waals surface area contributed by atoms with Crippen LogP contribution < -0.4 is 15.8 Å². The lowest BCUT2D eigenvalue weighted by atomic mass is 10.1. The SMILES string of the molecule is CC(C)NC(=O)Cn1c(-c2ccc(F)c(Cl)c2)nc2ccc(N3CCCN(C4CC4)CC3)cc2c1=O. The predicted octanol–water partition coefficient (Wildman–Crippen LogP) is 4.06. The highest BCUT2D eigenvalue weighted by Crippen LogP contribution is 2.29. The maximum atomic E-state index is 13.8. The Kier molecular flexibility index (Phi) is 6.99. The summed E-state index contributed by atoms with van der Waals surface area (Å²) in [6.45, 7) is 7.48. The molecule has 0 atom stereocenters. The van der Waals surface area contributed by atoms with Gasteiger partial charge in [-0.3, -0.25) is 19.1 Å². The fraction of sp³-hybridized carbons (Fsp3) is 0.444.